The van der Waals surface area contributed by atoms with Crippen molar-refractivity contribution in [1.29, 1.82) is 0 Å². The first kappa shape index (κ1) is 19.3. The van der Waals surface area contributed by atoms with Crippen molar-refractivity contribution in [2.75, 3.05) is 6.67 Å². The van der Waals surface area contributed by atoms with E-state index in [1.54, 1.807) is 0 Å². The molecule has 3 fully saturated rings. The molecule has 0 aromatic heterocycles. The normalized spacial score (nSPS) is 49.1. The van der Waals surface area contributed by atoms with Gasteiger partial charge in [0.2, 0.25) is 0 Å². The average molecular weight is 365 g/mol. The summed E-state index contributed by atoms with van der Waals surface area (Å²) in [5, 5.41) is 25.5. The Morgan fingerprint density at radius 2 is 1.24 bits per heavy atom. The van der Waals surface area contributed by atoms with Gasteiger partial charge in [0.25, 0.3) is 0 Å². The monoisotopic (exact) mass is 365 g/mol. The van der Waals surface area contributed by atoms with E-state index < -0.39 is 43.0 Å². The van der Waals surface area contributed by atoms with Crippen molar-refractivity contribution >= 4 is 0 Å². The highest BCUT2D eigenvalue weighted by Gasteiger charge is 2.38. The third kappa shape index (κ3) is 4.85. The SMILES string of the molecule is NC1C(OC2CCC(F)C(O)C2)NCNC1OC1CCC(F)C(O)C1. The van der Waals surface area contributed by atoms with Gasteiger partial charge in [-0.2, -0.15) is 0 Å². The number of nitrogens with one attached hydrogen (secondary N) is 2. The second-order valence-electron chi connectivity index (χ2n) is 7.31. The summed E-state index contributed by atoms with van der Waals surface area (Å²) in [6.45, 7) is 0.422. The minimum Gasteiger partial charge on any atom is -0.390 e. The lowest BCUT2D eigenvalue weighted by molar-refractivity contribution is -0.153. The molecule has 1 saturated heterocycles. The van der Waals surface area contributed by atoms with Gasteiger partial charge in [0.05, 0.1) is 30.5 Å². The largest absolute Gasteiger partial charge is 0.390 e. The molecule has 146 valence electrons. The number of hydrogen-bond acceptors (Lipinski definition) is 7. The maximum atomic E-state index is 13.4. The van der Waals surface area contributed by atoms with Gasteiger partial charge in [0, 0.05) is 19.5 Å². The van der Waals surface area contributed by atoms with Crippen molar-refractivity contribution in [2.24, 2.45) is 5.73 Å². The predicted molar refractivity (Wildman–Crippen MR) is 85.9 cm³/mol. The molecule has 9 heteroatoms. The van der Waals surface area contributed by atoms with Crippen LogP contribution in [0.4, 0.5) is 8.78 Å². The number of aliphatic hydroxyl groups excluding tert-OH is 2. The Balaban J connectivity index is 1.50. The number of nitrogens with two attached hydrogens (primary N) is 1. The molecule has 0 radical (unpaired) electrons. The van der Waals surface area contributed by atoms with Crippen LogP contribution in [0.5, 0.6) is 0 Å². The second kappa shape index (κ2) is 8.51. The highest BCUT2D eigenvalue weighted by atomic mass is 19.1. The average Bonchev–Trinajstić information content (AvgIpc) is 2.58. The molecule has 0 bridgehead atoms. The van der Waals surface area contributed by atoms with Crippen LogP contribution >= 0.6 is 0 Å². The smallest absolute Gasteiger partial charge is 0.128 e. The van der Waals surface area contributed by atoms with Crippen LogP contribution in [0.2, 0.25) is 0 Å². The van der Waals surface area contributed by atoms with Crippen LogP contribution in [0.25, 0.3) is 0 Å². The fraction of sp³-hybridized carbons (Fsp3) is 1.00. The summed E-state index contributed by atoms with van der Waals surface area (Å²) in [7, 11) is 0. The van der Waals surface area contributed by atoms with Crippen LogP contribution in [-0.4, -0.2) is 72.1 Å². The van der Waals surface area contributed by atoms with E-state index in [0.29, 0.717) is 19.5 Å². The van der Waals surface area contributed by atoms with Gasteiger partial charge in [0.1, 0.15) is 24.8 Å². The van der Waals surface area contributed by atoms with E-state index in [1.807, 2.05) is 0 Å². The fourth-order valence-corrected chi connectivity index (χ4v) is 3.78. The first-order valence-electron chi connectivity index (χ1n) is 9.11. The standard InChI is InChI=1S/C16H29F2N3O4/c17-10-3-1-8(5-12(10)22)24-15-14(19)16(21-7-20-15)25-9-2-4-11(18)13(23)6-9/h8-16,20-23H,1-7,19H2. The second-order valence-corrected chi connectivity index (χ2v) is 7.31. The Bertz CT molecular complexity index is 400. The maximum absolute atomic E-state index is 13.4. The van der Waals surface area contributed by atoms with Gasteiger partial charge in [-0.05, 0) is 25.7 Å². The molecule has 2 saturated carbocycles. The number of alkyl halides is 2. The number of rotatable bonds is 4. The summed E-state index contributed by atoms with van der Waals surface area (Å²) < 4.78 is 38.6. The van der Waals surface area contributed by atoms with E-state index in [4.69, 9.17) is 15.2 Å². The van der Waals surface area contributed by atoms with Gasteiger partial charge >= 0.3 is 0 Å². The van der Waals surface area contributed by atoms with Crippen LogP contribution in [0.1, 0.15) is 38.5 Å². The molecule has 0 spiro atoms. The third-order valence-corrected chi connectivity index (χ3v) is 5.36. The van der Waals surface area contributed by atoms with E-state index in [0.717, 1.165) is 0 Å². The van der Waals surface area contributed by atoms with Gasteiger partial charge in [0.15, 0.2) is 0 Å². The Labute approximate surface area is 146 Å². The van der Waals surface area contributed by atoms with Gasteiger partial charge in [-0.25, -0.2) is 8.78 Å². The zero-order chi connectivity index (χ0) is 18.0. The third-order valence-electron chi connectivity index (χ3n) is 5.36. The zero-order valence-corrected chi connectivity index (χ0v) is 14.2. The highest BCUT2D eigenvalue weighted by molar-refractivity contribution is 4.88. The quantitative estimate of drug-likeness (QED) is 0.463. The maximum Gasteiger partial charge on any atom is 0.128 e. The lowest BCUT2D eigenvalue weighted by Gasteiger charge is -2.42. The summed E-state index contributed by atoms with van der Waals surface area (Å²) in [6.07, 6.45) is -3.75. The molecule has 7 nitrogen and oxygen atoms in total. The zero-order valence-electron chi connectivity index (χ0n) is 14.2. The van der Waals surface area contributed by atoms with Gasteiger partial charge < -0.3 is 25.4 Å². The van der Waals surface area contributed by atoms with Crippen molar-refractivity contribution < 1.29 is 28.5 Å². The molecule has 2 aliphatic carbocycles. The Kier molecular flexibility index (Phi) is 6.59. The van der Waals surface area contributed by atoms with E-state index in [-0.39, 0.29) is 37.9 Å². The van der Waals surface area contributed by atoms with Crippen molar-refractivity contribution in [1.82, 2.24) is 10.6 Å². The van der Waals surface area contributed by atoms with Crippen LogP contribution < -0.4 is 16.4 Å². The van der Waals surface area contributed by atoms with Crippen LogP contribution in [-0.2, 0) is 9.47 Å². The van der Waals surface area contributed by atoms with Crippen molar-refractivity contribution in [3.8, 4) is 0 Å². The molecular weight excluding hydrogens is 336 g/mol. The summed E-state index contributed by atoms with van der Waals surface area (Å²) in [4.78, 5) is 0. The Hall–Kier alpha value is -0.420. The van der Waals surface area contributed by atoms with Crippen molar-refractivity contribution in [3.05, 3.63) is 0 Å². The number of halogens is 2. The molecular formula is C16H29F2N3O4. The molecule has 0 aromatic rings. The molecule has 25 heavy (non-hydrogen) atoms. The van der Waals surface area contributed by atoms with E-state index in [1.165, 1.54) is 0 Å². The molecule has 8 atom stereocenters. The first-order chi connectivity index (χ1) is 11.9. The predicted octanol–water partition coefficient (Wildman–Crippen LogP) is -0.348. The Morgan fingerprint density at radius 3 is 1.64 bits per heavy atom. The van der Waals surface area contributed by atoms with E-state index >= 15 is 0 Å². The summed E-state index contributed by atoms with van der Waals surface area (Å²) in [6, 6.07) is -0.519. The first-order valence-corrected chi connectivity index (χ1v) is 9.11. The topological polar surface area (TPSA) is 109 Å². The minimum atomic E-state index is -1.19. The molecule has 0 aromatic carbocycles. The van der Waals surface area contributed by atoms with Crippen LogP contribution in [0, 0.1) is 0 Å². The number of ether oxygens (including phenoxy) is 2. The van der Waals surface area contributed by atoms with Crippen LogP contribution in [0.3, 0.4) is 0 Å². The Morgan fingerprint density at radius 1 is 0.800 bits per heavy atom. The molecule has 1 aliphatic heterocycles. The van der Waals surface area contributed by atoms with Crippen molar-refractivity contribution in [3.63, 3.8) is 0 Å². The number of hydrogen-bond donors (Lipinski definition) is 5. The molecule has 6 N–H and O–H groups in total. The summed E-state index contributed by atoms with van der Waals surface area (Å²) in [5.41, 5.74) is 6.23. The molecule has 0 amide bonds. The molecule has 3 aliphatic rings. The van der Waals surface area contributed by atoms with Crippen LogP contribution in [0.15, 0.2) is 0 Å². The van der Waals surface area contributed by atoms with E-state index in [9.17, 15) is 19.0 Å². The molecule has 3 rings (SSSR count). The fourth-order valence-electron chi connectivity index (χ4n) is 3.78. The lowest BCUT2D eigenvalue weighted by atomic mass is 9.93. The number of aliphatic hydroxyl groups is 2. The van der Waals surface area contributed by atoms with Gasteiger partial charge in [-0.1, -0.05) is 0 Å². The van der Waals surface area contributed by atoms with Crippen molar-refractivity contribution in [2.45, 2.75) is 93.8 Å². The summed E-state index contributed by atoms with van der Waals surface area (Å²) in [5.74, 6) is 0. The summed E-state index contributed by atoms with van der Waals surface area (Å²) >= 11 is 0. The lowest BCUT2D eigenvalue weighted by Crippen LogP contribution is -2.67. The minimum absolute atomic E-state index is 0.248. The van der Waals surface area contributed by atoms with Gasteiger partial charge in [-0.3, -0.25) is 10.6 Å². The van der Waals surface area contributed by atoms with Gasteiger partial charge in [-0.15, -0.1) is 0 Å². The molecule has 8 unspecified atom stereocenters. The molecule has 1 heterocycles. The highest BCUT2D eigenvalue weighted by Crippen LogP contribution is 2.27. The van der Waals surface area contributed by atoms with E-state index in [2.05, 4.69) is 10.6 Å².